The van der Waals surface area contributed by atoms with E-state index in [9.17, 15) is 13.5 Å². The summed E-state index contributed by atoms with van der Waals surface area (Å²) in [6.45, 7) is 2.17. The molecule has 5 rings (SSSR count). The number of aliphatic hydroxyl groups excluding tert-OH is 1. The minimum absolute atomic E-state index is 0.0314. The number of aliphatic hydroxyl groups is 1. The normalized spacial score (nSPS) is 21.3. The van der Waals surface area contributed by atoms with Crippen molar-refractivity contribution in [3.8, 4) is 17.6 Å². The van der Waals surface area contributed by atoms with Crippen molar-refractivity contribution in [3.05, 3.63) is 89.0 Å². The molecule has 0 saturated carbocycles. The van der Waals surface area contributed by atoms with E-state index in [-0.39, 0.29) is 24.6 Å². The molecule has 180 valence electrons. The van der Waals surface area contributed by atoms with Crippen molar-refractivity contribution >= 4 is 15.7 Å². The standard InChI is InChI=1S/C28H28N2O4S/c1-19-5-3-4-6-27(19)35(32,33)30-16-15-23-26(18-31)29-25-14-11-21(17-24(25)28(23)30)8-7-20-9-12-22(34-2)13-10-20/h3-6,9-14,17,23,26,28-29,31H,15-16,18H2,1-2H3/t23-,26+,28-/m0/s1. The summed E-state index contributed by atoms with van der Waals surface area (Å²) >= 11 is 0. The molecule has 0 aromatic heterocycles. The Morgan fingerprint density at radius 1 is 1.06 bits per heavy atom. The van der Waals surface area contributed by atoms with E-state index in [1.54, 1.807) is 23.5 Å². The van der Waals surface area contributed by atoms with Gasteiger partial charge in [-0.05, 0) is 73.0 Å². The van der Waals surface area contributed by atoms with E-state index in [2.05, 4.69) is 17.2 Å². The molecule has 1 saturated heterocycles. The minimum atomic E-state index is -3.71. The van der Waals surface area contributed by atoms with Crippen molar-refractivity contribution in [1.82, 2.24) is 4.31 Å². The summed E-state index contributed by atoms with van der Waals surface area (Å²) in [6, 6.07) is 19.9. The van der Waals surface area contributed by atoms with E-state index < -0.39 is 10.0 Å². The van der Waals surface area contributed by atoms with Crippen LogP contribution in [0.1, 0.15) is 34.7 Å². The van der Waals surface area contributed by atoms with Crippen LogP contribution in [0, 0.1) is 24.7 Å². The van der Waals surface area contributed by atoms with Crippen molar-refractivity contribution in [2.45, 2.75) is 30.3 Å². The third-order valence-electron chi connectivity index (χ3n) is 6.94. The number of sulfonamides is 1. The summed E-state index contributed by atoms with van der Waals surface area (Å²) in [5.74, 6) is 7.13. The molecule has 3 atom stereocenters. The minimum Gasteiger partial charge on any atom is -0.497 e. The maximum absolute atomic E-state index is 13.8. The highest BCUT2D eigenvalue weighted by molar-refractivity contribution is 7.89. The predicted octanol–water partition coefficient (Wildman–Crippen LogP) is 3.94. The van der Waals surface area contributed by atoms with Crippen LogP contribution < -0.4 is 10.1 Å². The highest BCUT2D eigenvalue weighted by Crippen LogP contribution is 2.48. The molecular weight excluding hydrogens is 460 g/mol. The number of hydrogen-bond donors (Lipinski definition) is 2. The fraction of sp³-hybridized carbons (Fsp3) is 0.286. The summed E-state index contributed by atoms with van der Waals surface area (Å²) in [6.07, 6.45) is 0.676. The van der Waals surface area contributed by atoms with E-state index >= 15 is 0 Å². The quantitative estimate of drug-likeness (QED) is 0.544. The van der Waals surface area contributed by atoms with Crippen LogP contribution in [0.2, 0.25) is 0 Å². The maximum atomic E-state index is 13.8. The number of nitrogens with zero attached hydrogens (tertiary/aromatic N) is 1. The lowest BCUT2D eigenvalue weighted by Gasteiger charge is -2.39. The molecule has 0 aliphatic carbocycles. The predicted molar refractivity (Wildman–Crippen MR) is 136 cm³/mol. The third-order valence-corrected chi connectivity index (χ3v) is 8.99. The van der Waals surface area contributed by atoms with Gasteiger partial charge < -0.3 is 15.2 Å². The number of rotatable bonds is 4. The zero-order valence-electron chi connectivity index (χ0n) is 19.7. The van der Waals surface area contributed by atoms with Crippen LogP contribution in [0.25, 0.3) is 0 Å². The van der Waals surface area contributed by atoms with E-state index in [1.165, 1.54) is 0 Å². The zero-order valence-corrected chi connectivity index (χ0v) is 20.5. The molecule has 2 N–H and O–H groups in total. The number of hydrogen-bond acceptors (Lipinski definition) is 5. The van der Waals surface area contributed by atoms with Gasteiger partial charge in [0.1, 0.15) is 5.75 Å². The molecule has 35 heavy (non-hydrogen) atoms. The van der Waals surface area contributed by atoms with E-state index in [0.29, 0.717) is 17.9 Å². The molecule has 0 bridgehead atoms. The van der Waals surface area contributed by atoms with Gasteiger partial charge in [-0.3, -0.25) is 0 Å². The Kier molecular flexibility index (Phi) is 6.28. The monoisotopic (exact) mass is 488 g/mol. The average molecular weight is 489 g/mol. The molecule has 3 aromatic rings. The SMILES string of the molecule is COc1ccc(C#Cc2ccc3c(c2)[C@@H]2[C@@H](CCN2S(=O)(=O)c2ccccc2C)[C@@H](CO)N3)cc1. The lowest BCUT2D eigenvalue weighted by Crippen LogP contribution is -2.43. The van der Waals surface area contributed by atoms with Crippen molar-refractivity contribution < 1.29 is 18.3 Å². The maximum Gasteiger partial charge on any atom is 0.243 e. The molecule has 1 fully saturated rings. The van der Waals surface area contributed by atoms with Crippen LogP contribution in [-0.4, -0.2) is 44.1 Å². The van der Waals surface area contributed by atoms with Crippen LogP contribution in [0.15, 0.2) is 71.6 Å². The van der Waals surface area contributed by atoms with Crippen molar-refractivity contribution in [1.29, 1.82) is 0 Å². The van der Waals surface area contributed by atoms with Gasteiger partial charge in [0.25, 0.3) is 0 Å². The number of ether oxygens (including phenoxy) is 1. The fourth-order valence-electron chi connectivity index (χ4n) is 5.16. The molecule has 3 aromatic carbocycles. The largest absolute Gasteiger partial charge is 0.497 e. The first-order valence-electron chi connectivity index (χ1n) is 11.7. The number of methoxy groups -OCH3 is 1. The fourth-order valence-corrected chi connectivity index (χ4v) is 7.05. The molecule has 0 radical (unpaired) electrons. The van der Waals surface area contributed by atoms with Gasteiger partial charge in [-0.2, -0.15) is 4.31 Å². The molecule has 2 aliphatic heterocycles. The van der Waals surface area contributed by atoms with Gasteiger partial charge >= 0.3 is 0 Å². The average Bonchev–Trinajstić information content (AvgIpc) is 3.34. The molecular formula is C28H28N2O4S. The van der Waals surface area contributed by atoms with Gasteiger partial charge in [0.05, 0.1) is 30.7 Å². The van der Waals surface area contributed by atoms with Crippen molar-refractivity contribution in [2.75, 3.05) is 25.6 Å². The Bertz CT molecular complexity index is 1410. The summed E-state index contributed by atoms with van der Waals surface area (Å²) in [4.78, 5) is 0.330. The van der Waals surface area contributed by atoms with Crippen LogP contribution in [0.4, 0.5) is 5.69 Å². The highest BCUT2D eigenvalue weighted by Gasteiger charge is 2.48. The molecule has 2 aliphatic rings. The van der Waals surface area contributed by atoms with Gasteiger partial charge in [-0.15, -0.1) is 0 Å². The van der Waals surface area contributed by atoms with Crippen LogP contribution in [-0.2, 0) is 10.0 Å². The Hall–Kier alpha value is -3.31. The topological polar surface area (TPSA) is 78.9 Å². The summed E-state index contributed by atoms with van der Waals surface area (Å²) < 4.78 is 34.4. The van der Waals surface area contributed by atoms with Gasteiger partial charge in [-0.25, -0.2) is 8.42 Å². The number of fused-ring (bicyclic) bond motifs is 3. The van der Waals surface area contributed by atoms with E-state index in [4.69, 9.17) is 4.74 Å². The first-order valence-corrected chi connectivity index (χ1v) is 13.1. The van der Waals surface area contributed by atoms with Crippen molar-refractivity contribution in [3.63, 3.8) is 0 Å². The number of benzene rings is 3. The molecule has 0 spiro atoms. The molecule has 0 amide bonds. The first-order chi connectivity index (χ1) is 16.9. The molecule has 6 nitrogen and oxygen atoms in total. The van der Waals surface area contributed by atoms with Gasteiger partial charge in [-0.1, -0.05) is 30.0 Å². The Morgan fingerprint density at radius 3 is 2.49 bits per heavy atom. The molecule has 0 unspecified atom stereocenters. The lowest BCUT2D eigenvalue weighted by molar-refractivity contribution is 0.210. The number of nitrogens with one attached hydrogen (secondary N) is 1. The summed E-state index contributed by atoms with van der Waals surface area (Å²) in [5, 5.41) is 13.5. The smallest absolute Gasteiger partial charge is 0.243 e. The van der Waals surface area contributed by atoms with Gasteiger partial charge in [0.2, 0.25) is 10.0 Å². The summed E-state index contributed by atoms with van der Waals surface area (Å²) in [7, 11) is -2.09. The number of aryl methyl sites for hydroxylation is 1. The Morgan fingerprint density at radius 2 is 1.77 bits per heavy atom. The van der Waals surface area contributed by atoms with Gasteiger partial charge in [0, 0.05) is 29.3 Å². The van der Waals surface area contributed by atoms with Gasteiger partial charge in [0.15, 0.2) is 0 Å². The van der Waals surface area contributed by atoms with Crippen LogP contribution in [0.5, 0.6) is 5.75 Å². The Balaban J connectivity index is 1.54. The highest BCUT2D eigenvalue weighted by atomic mass is 32.2. The molecule has 7 heteroatoms. The van der Waals surface area contributed by atoms with E-state index in [1.807, 2.05) is 61.5 Å². The molecule has 2 heterocycles. The number of anilines is 1. The zero-order chi connectivity index (χ0) is 24.6. The third kappa shape index (κ3) is 4.30. The Labute approximate surface area is 206 Å². The van der Waals surface area contributed by atoms with Crippen molar-refractivity contribution in [2.24, 2.45) is 5.92 Å². The lowest BCUT2D eigenvalue weighted by atomic mass is 9.83. The summed E-state index contributed by atoms with van der Waals surface area (Å²) in [5.41, 5.74) is 4.14. The second-order valence-corrected chi connectivity index (χ2v) is 10.9. The first kappa shape index (κ1) is 23.4. The van der Waals surface area contributed by atoms with Crippen LogP contribution >= 0.6 is 0 Å². The van der Waals surface area contributed by atoms with E-state index in [0.717, 1.165) is 33.7 Å². The van der Waals surface area contributed by atoms with Crippen LogP contribution in [0.3, 0.4) is 0 Å². The second-order valence-electron chi connectivity index (χ2n) is 8.99. The second kappa shape index (κ2) is 9.38.